The van der Waals surface area contributed by atoms with E-state index in [1.54, 1.807) is 4.90 Å². The summed E-state index contributed by atoms with van der Waals surface area (Å²) in [6.45, 7) is 13.3. The maximum Gasteiger partial charge on any atom is 0.410 e. The van der Waals surface area contributed by atoms with Crippen molar-refractivity contribution in [1.82, 2.24) is 9.80 Å². The molecule has 0 aromatic heterocycles. The average molecular weight is 494 g/mol. The van der Waals surface area contributed by atoms with E-state index in [1.165, 1.54) is 6.42 Å². The SMILES string of the molecule is CC(C)(C)OC(=O)N(CCCC1=NN=C(CN)C1)CCCN(C(=O)OC(C)(C)C)C1CCCCC1. The second-order valence-corrected chi connectivity index (χ2v) is 11.6. The fraction of sp³-hybridized carbons (Fsp3) is 0.846. The number of nitrogens with two attached hydrogens (primary N) is 1. The fourth-order valence-corrected chi connectivity index (χ4v) is 4.36. The van der Waals surface area contributed by atoms with Crippen LogP contribution in [-0.2, 0) is 9.47 Å². The number of carbonyl (C=O) groups is 2. The zero-order valence-corrected chi connectivity index (χ0v) is 22.8. The van der Waals surface area contributed by atoms with Crippen LogP contribution in [0.2, 0.25) is 0 Å². The molecule has 2 aliphatic rings. The lowest BCUT2D eigenvalue weighted by atomic mass is 9.94. The Labute approximate surface area is 211 Å². The number of amides is 2. The first kappa shape index (κ1) is 29.1. The van der Waals surface area contributed by atoms with Crippen molar-refractivity contribution in [2.24, 2.45) is 15.9 Å². The Balaban J connectivity index is 1.96. The van der Waals surface area contributed by atoms with Crippen molar-refractivity contribution in [2.75, 3.05) is 26.2 Å². The van der Waals surface area contributed by atoms with Gasteiger partial charge in [0.2, 0.25) is 0 Å². The lowest BCUT2D eigenvalue weighted by Gasteiger charge is -2.36. The van der Waals surface area contributed by atoms with Crippen LogP contribution in [0.4, 0.5) is 9.59 Å². The highest BCUT2D eigenvalue weighted by Gasteiger charge is 2.30. The van der Waals surface area contributed by atoms with Crippen LogP contribution in [-0.4, -0.2) is 76.8 Å². The van der Waals surface area contributed by atoms with Gasteiger partial charge in [-0.3, -0.25) is 0 Å². The molecule has 0 radical (unpaired) electrons. The van der Waals surface area contributed by atoms with Gasteiger partial charge in [-0.25, -0.2) is 9.59 Å². The molecule has 0 saturated heterocycles. The molecule has 9 heteroatoms. The number of hydrogen-bond acceptors (Lipinski definition) is 7. The largest absolute Gasteiger partial charge is 0.444 e. The van der Waals surface area contributed by atoms with Crippen molar-refractivity contribution in [3.05, 3.63) is 0 Å². The topological polar surface area (TPSA) is 110 Å². The van der Waals surface area contributed by atoms with Crippen LogP contribution in [0.5, 0.6) is 0 Å². The molecular formula is C26H47N5O4. The van der Waals surface area contributed by atoms with E-state index in [-0.39, 0.29) is 18.2 Å². The predicted octanol–water partition coefficient (Wildman–Crippen LogP) is 5.12. The monoisotopic (exact) mass is 493 g/mol. The number of ether oxygens (including phenoxy) is 2. The van der Waals surface area contributed by atoms with Gasteiger partial charge in [-0.2, -0.15) is 10.2 Å². The third kappa shape index (κ3) is 11.0. The molecule has 0 bridgehead atoms. The Hall–Kier alpha value is -2.16. The third-order valence-corrected chi connectivity index (χ3v) is 5.99. The molecule has 0 unspecified atom stereocenters. The first-order valence-corrected chi connectivity index (χ1v) is 13.2. The van der Waals surface area contributed by atoms with Gasteiger partial charge in [-0.15, -0.1) is 0 Å². The second kappa shape index (κ2) is 13.2. The summed E-state index contributed by atoms with van der Waals surface area (Å²) in [5.74, 6) is 0. The van der Waals surface area contributed by atoms with Crippen LogP contribution in [0, 0.1) is 0 Å². The zero-order valence-electron chi connectivity index (χ0n) is 22.8. The smallest absolute Gasteiger partial charge is 0.410 e. The quantitative estimate of drug-likeness (QED) is 0.454. The maximum absolute atomic E-state index is 13.0. The van der Waals surface area contributed by atoms with Crippen LogP contribution in [0.15, 0.2) is 10.2 Å². The lowest BCUT2D eigenvalue weighted by molar-refractivity contribution is 0.0100. The second-order valence-electron chi connectivity index (χ2n) is 11.6. The van der Waals surface area contributed by atoms with E-state index in [2.05, 4.69) is 10.2 Å². The van der Waals surface area contributed by atoms with Crippen LogP contribution in [0.1, 0.15) is 99.3 Å². The van der Waals surface area contributed by atoms with Crippen molar-refractivity contribution in [3.63, 3.8) is 0 Å². The number of carbonyl (C=O) groups excluding carboxylic acids is 2. The van der Waals surface area contributed by atoms with Crippen molar-refractivity contribution in [1.29, 1.82) is 0 Å². The van der Waals surface area contributed by atoms with Crippen molar-refractivity contribution in [2.45, 2.75) is 117 Å². The lowest BCUT2D eigenvalue weighted by Crippen LogP contribution is -2.46. The molecule has 35 heavy (non-hydrogen) atoms. The molecule has 2 rings (SSSR count). The third-order valence-electron chi connectivity index (χ3n) is 5.99. The molecule has 9 nitrogen and oxygen atoms in total. The van der Waals surface area contributed by atoms with Gasteiger partial charge in [0.25, 0.3) is 0 Å². The minimum atomic E-state index is -0.570. The molecule has 0 spiro atoms. The summed E-state index contributed by atoms with van der Waals surface area (Å²) in [7, 11) is 0. The summed E-state index contributed by atoms with van der Waals surface area (Å²) in [5, 5.41) is 8.30. The molecule has 1 heterocycles. The molecule has 2 amide bonds. The average Bonchev–Trinajstić information content (AvgIpc) is 3.21. The summed E-state index contributed by atoms with van der Waals surface area (Å²) in [5.41, 5.74) is 6.44. The Morgan fingerprint density at radius 2 is 1.43 bits per heavy atom. The molecule has 2 N–H and O–H groups in total. The molecule has 200 valence electrons. The minimum absolute atomic E-state index is 0.200. The first-order valence-electron chi connectivity index (χ1n) is 13.2. The van der Waals surface area contributed by atoms with E-state index >= 15 is 0 Å². The molecular weight excluding hydrogens is 446 g/mol. The van der Waals surface area contributed by atoms with Gasteiger partial charge in [0.15, 0.2) is 0 Å². The molecule has 1 saturated carbocycles. The summed E-state index contributed by atoms with van der Waals surface area (Å²) < 4.78 is 11.4. The van der Waals surface area contributed by atoms with Crippen LogP contribution < -0.4 is 5.73 Å². The van der Waals surface area contributed by atoms with E-state index in [9.17, 15) is 9.59 Å². The highest BCUT2D eigenvalue weighted by atomic mass is 16.6. The Bertz CT molecular complexity index is 761. The van der Waals surface area contributed by atoms with E-state index < -0.39 is 11.2 Å². The Morgan fingerprint density at radius 1 is 0.857 bits per heavy atom. The Kier molecular flexibility index (Phi) is 11.0. The first-order chi connectivity index (χ1) is 16.4. The van der Waals surface area contributed by atoms with Gasteiger partial charge in [-0.05, 0) is 73.6 Å². The normalized spacial score (nSPS) is 17.0. The van der Waals surface area contributed by atoms with Crippen molar-refractivity contribution in [3.8, 4) is 0 Å². The summed E-state index contributed by atoms with van der Waals surface area (Å²) in [6.07, 6.45) is 7.81. The van der Waals surface area contributed by atoms with Gasteiger partial charge < -0.3 is 25.0 Å². The fourth-order valence-electron chi connectivity index (χ4n) is 4.36. The molecule has 0 aromatic carbocycles. The maximum atomic E-state index is 13.0. The van der Waals surface area contributed by atoms with E-state index in [0.29, 0.717) is 32.6 Å². The van der Waals surface area contributed by atoms with E-state index in [1.807, 2.05) is 46.4 Å². The standard InChI is InChI=1S/C26H47N5O4/c1-25(2,3)34-23(32)30(15-10-12-20-18-21(19-27)29-28-20)16-11-17-31(22-13-8-7-9-14-22)24(33)35-26(4,5)6/h22H,7-19,27H2,1-6H3. The summed E-state index contributed by atoms with van der Waals surface area (Å²) >= 11 is 0. The highest BCUT2D eigenvalue weighted by molar-refractivity contribution is 6.08. The van der Waals surface area contributed by atoms with Gasteiger partial charge in [0.1, 0.15) is 11.2 Å². The zero-order chi connectivity index (χ0) is 26.1. The van der Waals surface area contributed by atoms with Crippen LogP contribution >= 0.6 is 0 Å². The van der Waals surface area contributed by atoms with Crippen LogP contribution in [0.3, 0.4) is 0 Å². The number of hydrogen-bond donors (Lipinski definition) is 1. The van der Waals surface area contributed by atoms with Gasteiger partial charge in [-0.1, -0.05) is 19.3 Å². The van der Waals surface area contributed by atoms with Crippen molar-refractivity contribution >= 4 is 23.6 Å². The predicted molar refractivity (Wildman–Crippen MR) is 140 cm³/mol. The molecule has 0 atom stereocenters. The minimum Gasteiger partial charge on any atom is -0.444 e. The summed E-state index contributed by atoms with van der Waals surface area (Å²) in [4.78, 5) is 29.5. The molecule has 0 aromatic rings. The molecule has 1 aliphatic carbocycles. The Morgan fingerprint density at radius 3 is 2.00 bits per heavy atom. The van der Waals surface area contributed by atoms with E-state index in [0.717, 1.165) is 56.4 Å². The van der Waals surface area contributed by atoms with Gasteiger partial charge in [0, 0.05) is 44.4 Å². The summed E-state index contributed by atoms with van der Waals surface area (Å²) in [6, 6.07) is 0.200. The van der Waals surface area contributed by atoms with Crippen molar-refractivity contribution < 1.29 is 19.1 Å². The molecule has 1 fully saturated rings. The van der Waals surface area contributed by atoms with E-state index in [4.69, 9.17) is 15.2 Å². The van der Waals surface area contributed by atoms with Crippen LogP contribution in [0.25, 0.3) is 0 Å². The van der Waals surface area contributed by atoms with Gasteiger partial charge >= 0.3 is 12.2 Å². The highest BCUT2D eigenvalue weighted by Crippen LogP contribution is 2.25. The van der Waals surface area contributed by atoms with Gasteiger partial charge in [0.05, 0.1) is 5.71 Å². The number of rotatable bonds is 10. The molecule has 1 aliphatic heterocycles. The number of nitrogens with zero attached hydrogens (tertiary/aromatic N) is 4.